The highest BCUT2D eigenvalue weighted by atomic mass is 79.9. The molecule has 92 valence electrons. The first-order chi connectivity index (χ1) is 8.25. The van der Waals surface area contributed by atoms with E-state index in [-0.39, 0.29) is 12.1 Å². The second-order valence-corrected chi connectivity index (χ2v) is 4.89. The molecule has 2 heterocycles. The second-order valence-electron chi connectivity index (χ2n) is 3.72. The minimum absolute atomic E-state index is 0.193. The molecule has 1 aliphatic heterocycles. The average Bonchev–Trinajstić information content (AvgIpc) is 2.74. The van der Waals surface area contributed by atoms with Gasteiger partial charge in [-0.05, 0) is 12.1 Å². The van der Waals surface area contributed by atoms with E-state index in [1.807, 2.05) is 0 Å². The van der Waals surface area contributed by atoms with Gasteiger partial charge in [-0.2, -0.15) is 0 Å². The monoisotopic (exact) mass is 299 g/mol. The standard InChI is InChI=1S/C10H14BrN5O/c11-8-5-14-16-9(8)6-13-10(17)15-7-1-3-12-4-2-7/h1-4,8-9,14,16H,5-6H2,(H2,12,13,15,17). The van der Waals surface area contributed by atoms with Crippen LogP contribution in [0.3, 0.4) is 0 Å². The van der Waals surface area contributed by atoms with Crippen LogP contribution in [0.2, 0.25) is 0 Å². The van der Waals surface area contributed by atoms with Gasteiger partial charge in [-0.3, -0.25) is 15.8 Å². The second kappa shape index (κ2) is 5.95. The van der Waals surface area contributed by atoms with Crippen LogP contribution in [0.25, 0.3) is 0 Å². The van der Waals surface area contributed by atoms with Crippen molar-refractivity contribution in [2.24, 2.45) is 0 Å². The molecule has 1 aliphatic rings. The lowest BCUT2D eigenvalue weighted by molar-refractivity contribution is 0.251. The molecular formula is C10H14BrN5O. The number of nitrogens with zero attached hydrogens (tertiary/aromatic N) is 1. The van der Waals surface area contributed by atoms with E-state index in [2.05, 4.69) is 42.4 Å². The summed E-state index contributed by atoms with van der Waals surface area (Å²) in [6.45, 7) is 1.40. The van der Waals surface area contributed by atoms with Gasteiger partial charge in [-0.1, -0.05) is 15.9 Å². The van der Waals surface area contributed by atoms with E-state index in [4.69, 9.17) is 0 Å². The summed E-state index contributed by atoms with van der Waals surface area (Å²) in [6.07, 6.45) is 3.26. The Kier molecular flexibility index (Phi) is 4.29. The van der Waals surface area contributed by atoms with E-state index in [0.717, 1.165) is 12.2 Å². The SMILES string of the molecule is O=C(NCC1NNCC1Br)Nc1ccncc1. The highest BCUT2D eigenvalue weighted by molar-refractivity contribution is 9.09. The summed E-state index contributed by atoms with van der Waals surface area (Å²) >= 11 is 3.52. The number of carbonyl (C=O) groups excluding carboxylic acids is 1. The van der Waals surface area contributed by atoms with Gasteiger partial charge in [0.25, 0.3) is 0 Å². The summed E-state index contributed by atoms with van der Waals surface area (Å²) in [4.78, 5) is 15.8. The number of aromatic nitrogens is 1. The normalized spacial score (nSPS) is 23.4. The Hall–Kier alpha value is -1.18. The Labute approximate surface area is 108 Å². The quantitative estimate of drug-likeness (QED) is 0.611. The summed E-state index contributed by atoms with van der Waals surface area (Å²) < 4.78 is 0. The van der Waals surface area contributed by atoms with Gasteiger partial charge in [0.1, 0.15) is 0 Å². The molecule has 0 bridgehead atoms. The molecule has 0 saturated carbocycles. The highest BCUT2D eigenvalue weighted by Gasteiger charge is 2.24. The topological polar surface area (TPSA) is 78.1 Å². The van der Waals surface area contributed by atoms with E-state index in [1.165, 1.54) is 0 Å². The lowest BCUT2D eigenvalue weighted by Gasteiger charge is -2.14. The molecule has 6 nitrogen and oxygen atoms in total. The molecule has 0 aliphatic carbocycles. The summed E-state index contributed by atoms with van der Waals surface area (Å²) in [5.74, 6) is 0. The van der Waals surface area contributed by atoms with Crippen molar-refractivity contribution >= 4 is 27.6 Å². The van der Waals surface area contributed by atoms with Crippen LogP contribution in [0.4, 0.5) is 10.5 Å². The summed E-state index contributed by atoms with van der Waals surface area (Å²) in [6, 6.07) is 3.45. The van der Waals surface area contributed by atoms with Crippen molar-refractivity contribution in [2.75, 3.05) is 18.4 Å². The molecule has 1 aromatic rings. The summed E-state index contributed by atoms with van der Waals surface area (Å²) in [5.41, 5.74) is 6.82. The van der Waals surface area contributed by atoms with Crippen molar-refractivity contribution < 1.29 is 4.79 Å². The number of rotatable bonds is 3. The Morgan fingerprint density at radius 3 is 2.94 bits per heavy atom. The number of hydrogen-bond acceptors (Lipinski definition) is 4. The molecule has 1 fully saturated rings. The van der Waals surface area contributed by atoms with E-state index < -0.39 is 0 Å². The fourth-order valence-electron chi connectivity index (χ4n) is 1.51. The number of hydrazine groups is 1. The van der Waals surface area contributed by atoms with Crippen LogP contribution >= 0.6 is 15.9 Å². The molecule has 1 saturated heterocycles. The smallest absolute Gasteiger partial charge is 0.319 e. The first-order valence-corrected chi connectivity index (χ1v) is 6.24. The van der Waals surface area contributed by atoms with Crippen molar-refractivity contribution in [1.29, 1.82) is 0 Å². The molecule has 2 unspecified atom stereocenters. The van der Waals surface area contributed by atoms with E-state index in [9.17, 15) is 4.79 Å². The molecule has 0 spiro atoms. The van der Waals surface area contributed by atoms with Crippen molar-refractivity contribution in [2.45, 2.75) is 10.9 Å². The molecule has 4 N–H and O–H groups in total. The maximum Gasteiger partial charge on any atom is 0.319 e. The van der Waals surface area contributed by atoms with Gasteiger partial charge >= 0.3 is 6.03 Å². The number of urea groups is 1. The molecule has 17 heavy (non-hydrogen) atoms. The van der Waals surface area contributed by atoms with Crippen LogP contribution in [0.1, 0.15) is 0 Å². The number of anilines is 1. The number of hydrogen-bond donors (Lipinski definition) is 4. The molecule has 2 rings (SSSR count). The number of pyridine rings is 1. The third-order valence-corrected chi connectivity index (χ3v) is 3.40. The number of amides is 2. The number of halogens is 1. The molecule has 0 radical (unpaired) electrons. The Morgan fingerprint density at radius 1 is 1.53 bits per heavy atom. The maximum atomic E-state index is 11.6. The Morgan fingerprint density at radius 2 is 2.29 bits per heavy atom. The van der Waals surface area contributed by atoms with Gasteiger partial charge in [0.2, 0.25) is 0 Å². The lowest BCUT2D eigenvalue weighted by Crippen LogP contribution is -2.43. The third-order valence-electron chi connectivity index (χ3n) is 2.44. The average molecular weight is 300 g/mol. The number of nitrogens with one attached hydrogen (secondary N) is 4. The van der Waals surface area contributed by atoms with Gasteiger partial charge in [-0.15, -0.1) is 0 Å². The van der Waals surface area contributed by atoms with E-state index >= 15 is 0 Å². The van der Waals surface area contributed by atoms with E-state index in [1.54, 1.807) is 24.5 Å². The predicted octanol–water partition coefficient (Wildman–Crippen LogP) is 0.443. The van der Waals surface area contributed by atoms with Crippen LogP contribution in [0, 0.1) is 0 Å². The zero-order valence-electron chi connectivity index (χ0n) is 9.11. The molecule has 7 heteroatoms. The minimum Gasteiger partial charge on any atom is -0.336 e. The summed E-state index contributed by atoms with van der Waals surface area (Å²) in [5, 5.41) is 5.53. The van der Waals surface area contributed by atoms with Crippen LogP contribution in [0.15, 0.2) is 24.5 Å². The van der Waals surface area contributed by atoms with Crippen LogP contribution in [0.5, 0.6) is 0 Å². The van der Waals surface area contributed by atoms with Crippen molar-refractivity contribution in [1.82, 2.24) is 21.2 Å². The van der Waals surface area contributed by atoms with Gasteiger partial charge in [0.05, 0.1) is 6.04 Å². The zero-order valence-corrected chi connectivity index (χ0v) is 10.7. The highest BCUT2D eigenvalue weighted by Crippen LogP contribution is 2.08. The fraction of sp³-hybridized carbons (Fsp3) is 0.400. The minimum atomic E-state index is -0.218. The first-order valence-electron chi connectivity index (χ1n) is 5.33. The number of carbonyl (C=O) groups is 1. The largest absolute Gasteiger partial charge is 0.336 e. The Bertz CT molecular complexity index is 374. The summed E-state index contributed by atoms with van der Waals surface area (Å²) in [7, 11) is 0. The van der Waals surface area contributed by atoms with Crippen LogP contribution in [-0.4, -0.2) is 35.0 Å². The molecular weight excluding hydrogens is 286 g/mol. The van der Waals surface area contributed by atoms with Gasteiger partial charge < -0.3 is 10.6 Å². The fourth-order valence-corrected chi connectivity index (χ4v) is 1.99. The molecule has 2 amide bonds. The van der Waals surface area contributed by atoms with Gasteiger partial charge in [0, 0.05) is 36.0 Å². The molecule has 2 atom stereocenters. The third kappa shape index (κ3) is 3.65. The zero-order chi connectivity index (χ0) is 12.1. The molecule has 0 aromatic carbocycles. The van der Waals surface area contributed by atoms with Crippen LogP contribution < -0.4 is 21.5 Å². The molecule has 1 aromatic heterocycles. The van der Waals surface area contributed by atoms with Gasteiger partial charge in [0.15, 0.2) is 0 Å². The van der Waals surface area contributed by atoms with Crippen molar-refractivity contribution in [3.8, 4) is 0 Å². The lowest BCUT2D eigenvalue weighted by atomic mass is 10.2. The van der Waals surface area contributed by atoms with Crippen LogP contribution in [-0.2, 0) is 0 Å². The van der Waals surface area contributed by atoms with Gasteiger partial charge in [-0.25, -0.2) is 4.79 Å². The van der Waals surface area contributed by atoms with Crippen molar-refractivity contribution in [3.05, 3.63) is 24.5 Å². The maximum absolute atomic E-state index is 11.6. The van der Waals surface area contributed by atoms with E-state index in [0.29, 0.717) is 11.4 Å². The first kappa shape index (κ1) is 12.3. The predicted molar refractivity (Wildman–Crippen MR) is 68.9 cm³/mol. The number of alkyl halides is 1. The van der Waals surface area contributed by atoms with Crippen molar-refractivity contribution in [3.63, 3.8) is 0 Å². The Balaban J connectivity index is 1.74.